The number of benzene rings is 1. The van der Waals surface area contributed by atoms with Gasteiger partial charge >= 0.3 is 0 Å². The summed E-state index contributed by atoms with van der Waals surface area (Å²) in [6.07, 6.45) is 1.62. The molecular formula is C13H12BrClN2O. The van der Waals surface area contributed by atoms with E-state index in [0.717, 1.165) is 21.7 Å². The highest BCUT2D eigenvalue weighted by Crippen LogP contribution is 2.31. The van der Waals surface area contributed by atoms with Crippen LogP contribution in [0.4, 0.5) is 11.5 Å². The highest BCUT2D eigenvalue weighted by Gasteiger charge is 2.10. The molecule has 1 heterocycles. The first kappa shape index (κ1) is 13.2. The molecule has 0 aliphatic rings. The van der Waals surface area contributed by atoms with Crippen LogP contribution in [0.5, 0.6) is 5.75 Å². The van der Waals surface area contributed by atoms with Gasteiger partial charge in [-0.1, -0.05) is 17.7 Å². The Labute approximate surface area is 119 Å². The van der Waals surface area contributed by atoms with Gasteiger partial charge < -0.3 is 9.64 Å². The van der Waals surface area contributed by atoms with Crippen molar-refractivity contribution in [3.05, 3.63) is 46.0 Å². The Morgan fingerprint density at radius 1 is 1.33 bits per heavy atom. The molecule has 94 valence electrons. The first-order valence-corrected chi connectivity index (χ1v) is 6.47. The van der Waals surface area contributed by atoms with Gasteiger partial charge in [0.1, 0.15) is 11.6 Å². The van der Waals surface area contributed by atoms with Crippen molar-refractivity contribution in [2.75, 3.05) is 19.1 Å². The Kier molecular flexibility index (Phi) is 4.09. The van der Waals surface area contributed by atoms with Gasteiger partial charge in [-0.3, -0.25) is 0 Å². The van der Waals surface area contributed by atoms with E-state index in [1.807, 2.05) is 42.3 Å². The maximum atomic E-state index is 5.88. The topological polar surface area (TPSA) is 25.4 Å². The molecule has 0 spiro atoms. The molecule has 18 heavy (non-hydrogen) atoms. The molecule has 2 rings (SSSR count). The zero-order chi connectivity index (χ0) is 13.1. The monoisotopic (exact) mass is 326 g/mol. The molecule has 0 radical (unpaired) electrons. The molecule has 0 saturated carbocycles. The molecule has 0 unspecified atom stereocenters. The molecular weight excluding hydrogens is 316 g/mol. The molecule has 0 aliphatic heterocycles. The molecule has 0 bridgehead atoms. The molecule has 5 heteroatoms. The fourth-order valence-electron chi connectivity index (χ4n) is 1.60. The van der Waals surface area contributed by atoms with Crippen LogP contribution in [0.1, 0.15) is 0 Å². The minimum atomic E-state index is 0.602. The predicted octanol–water partition coefficient (Wildman–Crippen LogP) is 4.27. The second-order valence-electron chi connectivity index (χ2n) is 3.72. The molecule has 0 aliphatic carbocycles. The number of methoxy groups -OCH3 is 1. The van der Waals surface area contributed by atoms with Crippen molar-refractivity contribution in [1.29, 1.82) is 0 Å². The van der Waals surface area contributed by atoms with Crippen LogP contribution in [0.15, 0.2) is 41.0 Å². The first-order valence-electron chi connectivity index (χ1n) is 5.30. The zero-order valence-electron chi connectivity index (χ0n) is 10.0. The number of aromatic nitrogens is 1. The SMILES string of the molecule is COc1cccc(N(C)c2ncc(Cl)cc2Br)c1. The van der Waals surface area contributed by atoms with E-state index in [2.05, 4.69) is 20.9 Å². The summed E-state index contributed by atoms with van der Waals surface area (Å²) in [6.45, 7) is 0. The van der Waals surface area contributed by atoms with Gasteiger partial charge in [0.2, 0.25) is 0 Å². The third-order valence-electron chi connectivity index (χ3n) is 2.55. The Balaban J connectivity index is 2.37. The summed E-state index contributed by atoms with van der Waals surface area (Å²) in [5.74, 6) is 1.61. The van der Waals surface area contributed by atoms with E-state index in [9.17, 15) is 0 Å². The molecule has 2 aromatic rings. The molecule has 3 nitrogen and oxygen atoms in total. The number of nitrogens with zero attached hydrogens (tertiary/aromatic N) is 2. The average Bonchev–Trinajstić information content (AvgIpc) is 2.38. The molecule has 1 aromatic heterocycles. The van der Waals surface area contributed by atoms with Crippen LogP contribution in [0.25, 0.3) is 0 Å². The lowest BCUT2D eigenvalue weighted by atomic mass is 10.2. The largest absolute Gasteiger partial charge is 0.497 e. The second kappa shape index (κ2) is 5.59. The Hall–Kier alpha value is -1.26. The minimum Gasteiger partial charge on any atom is -0.497 e. The Morgan fingerprint density at radius 2 is 2.11 bits per heavy atom. The smallest absolute Gasteiger partial charge is 0.147 e. The normalized spacial score (nSPS) is 10.2. The van der Waals surface area contributed by atoms with E-state index >= 15 is 0 Å². The number of hydrogen-bond acceptors (Lipinski definition) is 3. The molecule has 0 saturated heterocycles. The van der Waals surface area contributed by atoms with Gasteiger partial charge in [-0.15, -0.1) is 0 Å². The summed E-state index contributed by atoms with van der Waals surface area (Å²) in [7, 11) is 3.59. The van der Waals surface area contributed by atoms with Crippen LogP contribution in [0.3, 0.4) is 0 Å². The fourth-order valence-corrected chi connectivity index (χ4v) is 2.50. The van der Waals surface area contributed by atoms with Gasteiger partial charge in [-0.05, 0) is 34.1 Å². The van der Waals surface area contributed by atoms with Crippen LogP contribution in [-0.2, 0) is 0 Å². The zero-order valence-corrected chi connectivity index (χ0v) is 12.4. The third kappa shape index (κ3) is 2.76. The van der Waals surface area contributed by atoms with Gasteiger partial charge in [0.15, 0.2) is 0 Å². The number of pyridine rings is 1. The highest BCUT2D eigenvalue weighted by atomic mass is 79.9. The molecule has 1 aromatic carbocycles. The van der Waals surface area contributed by atoms with Gasteiger partial charge in [0, 0.05) is 25.0 Å². The first-order chi connectivity index (χ1) is 8.61. The number of hydrogen-bond donors (Lipinski definition) is 0. The van der Waals surface area contributed by atoms with Crippen LogP contribution in [0.2, 0.25) is 5.02 Å². The van der Waals surface area contributed by atoms with Crippen molar-refractivity contribution in [2.45, 2.75) is 0 Å². The van der Waals surface area contributed by atoms with Crippen LogP contribution in [0, 0.1) is 0 Å². The maximum absolute atomic E-state index is 5.88. The number of ether oxygens (including phenoxy) is 1. The average molecular weight is 328 g/mol. The van der Waals surface area contributed by atoms with Gasteiger partial charge in [0.05, 0.1) is 16.6 Å². The van der Waals surface area contributed by atoms with E-state index in [0.29, 0.717) is 5.02 Å². The lowest BCUT2D eigenvalue weighted by Crippen LogP contribution is -2.11. The predicted molar refractivity (Wildman–Crippen MR) is 78.0 cm³/mol. The van der Waals surface area contributed by atoms with Crippen molar-refractivity contribution in [1.82, 2.24) is 4.98 Å². The van der Waals surface area contributed by atoms with Gasteiger partial charge in [-0.2, -0.15) is 0 Å². The van der Waals surface area contributed by atoms with Crippen LogP contribution >= 0.6 is 27.5 Å². The molecule has 0 amide bonds. The van der Waals surface area contributed by atoms with E-state index in [1.54, 1.807) is 13.3 Å². The number of rotatable bonds is 3. The maximum Gasteiger partial charge on any atom is 0.147 e. The standard InChI is InChI=1S/C13H12BrClN2O/c1-17(10-4-3-5-11(7-10)18-2)13-12(14)6-9(15)8-16-13/h3-8H,1-2H3. The summed E-state index contributed by atoms with van der Waals surface area (Å²) in [4.78, 5) is 6.28. The van der Waals surface area contributed by atoms with Crippen molar-refractivity contribution < 1.29 is 4.74 Å². The van der Waals surface area contributed by atoms with Crippen LogP contribution < -0.4 is 9.64 Å². The summed E-state index contributed by atoms with van der Waals surface area (Å²) in [5, 5.41) is 0.602. The van der Waals surface area contributed by atoms with E-state index in [1.165, 1.54) is 0 Å². The molecule has 0 atom stereocenters. The van der Waals surface area contributed by atoms with Crippen molar-refractivity contribution >= 4 is 39.0 Å². The number of anilines is 2. The fraction of sp³-hybridized carbons (Fsp3) is 0.154. The lowest BCUT2D eigenvalue weighted by Gasteiger charge is -2.20. The molecule has 0 fully saturated rings. The van der Waals surface area contributed by atoms with E-state index in [4.69, 9.17) is 16.3 Å². The second-order valence-corrected chi connectivity index (χ2v) is 5.01. The highest BCUT2D eigenvalue weighted by molar-refractivity contribution is 9.10. The number of halogens is 2. The third-order valence-corrected chi connectivity index (χ3v) is 3.34. The van der Waals surface area contributed by atoms with Crippen molar-refractivity contribution in [3.8, 4) is 5.75 Å². The van der Waals surface area contributed by atoms with Gasteiger partial charge in [0.25, 0.3) is 0 Å². The van der Waals surface area contributed by atoms with E-state index < -0.39 is 0 Å². The van der Waals surface area contributed by atoms with E-state index in [-0.39, 0.29) is 0 Å². The summed E-state index contributed by atoms with van der Waals surface area (Å²) in [5.41, 5.74) is 0.991. The Morgan fingerprint density at radius 3 is 2.78 bits per heavy atom. The summed E-state index contributed by atoms with van der Waals surface area (Å²) < 4.78 is 6.06. The minimum absolute atomic E-state index is 0.602. The van der Waals surface area contributed by atoms with Gasteiger partial charge in [-0.25, -0.2) is 4.98 Å². The Bertz CT molecular complexity index is 562. The quantitative estimate of drug-likeness (QED) is 0.841. The summed E-state index contributed by atoms with van der Waals surface area (Å²) in [6, 6.07) is 9.60. The van der Waals surface area contributed by atoms with Crippen molar-refractivity contribution in [3.63, 3.8) is 0 Å². The van der Waals surface area contributed by atoms with Crippen molar-refractivity contribution in [2.24, 2.45) is 0 Å². The molecule has 0 N–H and O–H groups in total. The van der Waals surface area contributed by atoms with Crippen LogP contribution in [-0.4, -0.2) is 19.1 Å². The lowest BCUT2D eigenvalue weighted by molar-refractivity contribution is 0.415. The summed E-state index contributed by atoms with van der Waals surface area (Å²) >= 11 is 9.35.